The van der Waals surface area contributed by atoms with E-state index in [1.54, 1.807) is 11.8 Å². The largest absolute Gasteiger partial charge is 0.469 e. The second-order valence-corrected chi connectivity index (χ2v) is 4.63. The van der Waals surface area contributed by atoms with E-state index in [-0.39, 0.29) is 5.97 Å². The minimum absolute atomic E-state index is 0.182. The SMILES string of the molecule is COC(=O)CCSc1ccc2ccccc2n1. The van der Waals surface area contributed by atoms with Gasteiger partial charge in [-0.2, -0.15) is 0 Å². The molecule has 0 atom stereocenters. The second-order valence-electron chi connectivity index (χ2n) is 3.52. The molecule has 0 bridgehead atoms. The molecule has 1 aromatic carbocycles. The molecule has 2 rings (SSSR count). The molecule has 0 saturated heterocycles. The molecule has 2 aromatic rings. The van der Waals surface area contributed by atoms with Crippen molar-refractivity contribution in [3.05, 3.63) is 36.4 Å². The Kier molecular flexibility index (Phi) is 3.98. The van der Waals surface area contributed by atoms with Crippen LogP contribution in [-0.2, 0) is 9.53 Å². The number of aromatic nitrogens is 1. The summed E-state index contributed by atoms with van der Waals surface area (Å²) in [5.41, 5.74) is 0.982. The van der Waals surface area contributed by atoms with Crippen LogP contribution >= 0.6 is 11.8 Å². The predicted octanol–water partition coefficient (Wildman–Crippen LogP) is 2.89. The zero-order valence-electron chi connectivity index (χ0n) is 9.55. The number of fused-ring (bicyclic) bond motifs is 1. The van der Waals surface area contributed by atoms with Gasteiger partial charge in [-0.05, 0) is 12.1 Å². The number of ether oxygens (including phenoxy) is 1. The van der Waals surface area contributed by atoms with E-state index in [2.05, 4.69) is 9.72 Å². The lowest BCUT2D eigenvalue weighted by Crippen LogP contribution is -2.01. The van der Waals surface area contributed by atoms with E-state index in [9.17, 15) is 4.79 Å². The first-order chi connectivity index (χ1) is 8.29. The number of pyridine rings is 1. The van der Waals surface area contributed by atoms with E-state index in [1.807, 2.05) is 36.4 Å². The maximum Gasteiger partial charge on any atom is 0.306 e. The van der Waals surface area contributed by atoms with Crippen molar-refractivity contribution < 1.29 is 9.53 Å². The summed E-state index contributed by atoms with van der Waals surface area (Å²) in [4.78, 5) is 15.5. The van der Waals surface area contributed by atoms with E-state index in [0.717, 1.165) is 15.9 Å². The van der Waals surface area contributed by atoms with Crippen LogP contribution in [0.15, 0.2) is 41.4 Å². The van der Waals surface area contributed by atoms with Crippen molar-refractivity contribution in [1.29, 1.82) is 0 Å². The third-order valence-electron chi connectivity index (χ3n) is 2.36. The van der Waals surface area contributed by atoms with Crippen molar-refractivity contribution in [1.82, 2.24) is 4.98 Å². The summed E-state index contributed by atoms with van der Waals surface area (Å²) in [6.07, 6.45) is 0.412. The Labute approximate surface area is 104 Å². The molecule has 17 heavy (non-hydrogen) atoms. The minimum Gasteiger partial charge on any atom is -0.469 e. The first kappa shape index (κ1) is 11.9. The number of hydrogen-bond acceptors (Lipinski definition) is 4. The van der Waals surface area contributed by atoms with Gasteiger partial charge in [0.15, 0.2) is 0 Å². The quantitative estimate of drug-likeness (QED) is 0.615. The maximum absolute atomic E-state index is 11.0. The molecular formula is C13H13NO2S. The molecule has 88 valence electrons. The number of carbonyl (C=O) groups is 1. The van der Waals surface area contributed by atoms with Gasteiger partial charge in [0.1, 0.15) is 0 Å². The van der Waals surface area contributed by atoms with E-state index >= 15 is 0 Å². The summed E-state index contributed by atoms with van der Waals surface area (Å²) >= 11 is 1.57. The zero-order chi connectivity index (χ0) is 12.1. The predicted molar refractivity (Wildman–Crippen MR) is 69.1 cm³/mol. The van der Waals surface area contributed by atoms with Crippen LogP contribution in [0, 0.1) is 0 Å². The Hall–Kier alpha value is -1.55. The van der Waals surface area contributed by atoms with Crippen molar-refractivity contribution in [2.24, 2.45) is 0 Å². The topological polar surface area (TPSA) is 39.2 Å². The molecule has 0 aliphatic rings. The Balaban J connectivity index is 2.02. The van der Waals surface area contributed by atoms with Crippen LogP contribution in [0.5, 0.6) is 0 Å². The van der Waals surface area contributed by atoms with Gasteiger partial charge >= 0.3 is 5.97 Å². The molecule has 1 aromatic heterocycles. The number of rotatable bonds is 4. The summed E-state index contributed by atoms with van der Waals surface area (Å²) in [5, 5.41) is 2.07. The summed E-state index contributed by atoms with van der Waals surface area (Å²) in [6, 6.07) is 12.0. The standard InChI is InChI=1S/C13H13NO2S/c1-16-13(15)8-9-17-12-7-6-10-4-2-3-5-11(10)14-12/h2-7H,8-9H2,1H3. The monoisotopic (exact) mass is 247 g/mol. The number of para-hydroxylation sites is 1. The highest BCUT2D eigenvalue weighted by atomic mass is 32.2. The van der Waals surface area contributed by atoms with Crippen LogP contribution in [0.3, 0.4) is 0 Å². The van der Waals surface area contributed by atoms with Crippen molar-refractivity contribution in [2.45, 2.75) is 11.4 Å². The van der Waals surface area contributed by atoms with Crippen LogP contribution in [0.1, 0.15) is 6.42 Å². The highest BCUT2D eigenvalue weighted by molar-refractivity contribution is 7.99. The fourth-order valence-corrected chi connectivity index (χ4v) is 2.27. The number of thioether (sulfide) groups is 1. The number of nitrogens with zero attached hydrogens (tertiary/aromatic N) is 1. The maximum atomic E-state index is 11.0. The third-order valence-corrected chi connectivity index (χ3v) is 3.29. The summed E-state index contributed by atoms with van der Waals surface area (Å²) < 4.78 is 4.59. The van der Waals surface area contributed by atoms with Gasteiger partial charge < -0.3 is 4.74 Å². The lowest BCUT2D eigenvalue weighted by molar-refractivity contribution is -0.140. The van der Waals surface area contributed by atoms with Gasteiger partial charge in [-0.1, -0.05) is 24.3 Å². The number of benzene rings is 1. The highest BCUT2D eigenvalue weighted by Gasteiger charge is 2.02. The van der Waals surface area contributed by atoms with Crippen LogP contribution < -0.4 is 0 Å². The number of hydrogen-bond donors (Lipinski definition) is 0. The highest BCUT2D eigenvalue weighted by Crippen LogP contribution is 2.20. The normalized spacial score (nSPS) is 10.4. The molecule has 0 aliphatic carbocycles. The smallest absolute Gasteiger partial charge is 0.306 e. The lowest BCUT2D eigenvalue weighted by atomic mass is 10.2. The molecule has 1 heterocycles. The molecule has 0 fully saturated rings. The molecule has 3 nitrogen and oxygen atoms in total. The molecule has 0 spiro atoms. The number of esters is 1. The van der Waals surface area contributed by atoms with E-state index in [0.29, 0.717) is 12.2 Å². The van der Waals surface area contributed by atoms with Gasteiger partial charge in [-0.25, -0.2) is 4.98 Å². The van der Waals surface area contributed by atoms with Gasteiger partial charge in [-0.3, -0.25) is 4.79 Å². The Bertz CT molecular complexity index is 528. The fraction of sp³-hybridized carbons (Fsp3) is 0.231. The molecule has 4 heteroatoms. The summed E-state index contributed by atoms with van der Waals surface area (Å²) in [5.74, 6) is 0.510. The van der Waals surface area contributed by atoms with E-state index < -0.39 is 0 Å². The zero-order valence-corrected chi connectivity index (χ0v) is 10.4. The average Bonchev–Trinajstić information content (AvgIpc) is 2.38. The lowest BCUT2D eigenvalue weighted by Gasteiger charge is -2.02. The minimum atomic E-state index is -0.182. The molecule has 0 radical (unpaired) electrons. The summed E-state index contributed by atoms with van der Waals surface area (Å²) in [6.45, 7) is 0. The van der Waals surface area contributed by atoms with Gasteiger partial charge in [0.05, 0.1) is 24.1 Å². The Morgan fingerprint density at radius 1 is 1.29 bits per heavy atom. The van der Waals surface area contributed by atoms with Gasteiger partial charge in [0.25, 0.3) is 0 Å². The number of methoxy groups -OCH3 is 1. The van der Waals surface area contributed by atoms with Gasteiger partial charge in [0.2, 0.25) is 0 Å². The van der Waals surface area contributed by atoms with Crippen LogP contribution in [0.25, 0.3) is 10.9 Å². The van der Waals surface area contributed by atoms with Crippen molar-refractivity contribution in [3.8, 4) is 0 Å². The second kappa shape index (κ2) is 5.68. The molecule has 0 unspecified atom stereocenters. The average molecular weight is 247 g/mol. The van der Waals surface area contributed by atoms with Crippen molar-refractivity contribution in [2.75, 3.05) is 12.9 Å². The third kappa shape index (κ3) is 3.20. The van der Waals surface area contributed by atoms with Crippen molar-refractivity contribution in [3.63, 3.8) is 0 Å². The first-order valence-electron chi connectivity index (χ1n) is 5.35. The molecular weight excluding hydrogens is 234 g/mol. The Morgan fingerprint density at radius 3 is 2.94 bits per heavy atom. The molecule has 0 aliphatic heterocycles. The van der Waals surface area contributed by atoms with Crippen LogP contribution in [0.2, 0.25) is 0 Å². The molecule has 0 amide bonds. The molecule has 0 N–H and O–H groups in total. The fourth-order valence-electron chi connectivity index (χ4n) is 1.47. The van der Waals surface area contributed by atoms with Crippen molar-refractivity contribution >= 4 is 28.6 Å². The van der Waals surface area contributed by atoms with E-state index in [4.69, 9.17) is 0 Å². The van der Waals surface area contributed by atoms with E-state index in [1.165, 1.54) is 7.11 Å². The first-order valence-corrected chi connectivity index (χ1v) is 6.33. The van der Waals surface area contributed by atoms with Crippen LogP contribution in [-0.4, -0.2) is 23.8 Å². The van der Waals surface area contributed by atoms with Gasteiger partial charge in [-0.15, -0.1) is 11.8 Å². The van der Waals surface area contributed by atoms with Gasteiger partial charge in [0, 0.05) is 11.1 Å². The number of carbonyl (C=O) groups excluding carboxylic acids is 1. The Morgan fingerprint density at radius 2 is 2.12 bits per heavy atom. The van der Waals surface area contributed by atoms with Crippen LogP contribution in [0.4, 0.5) is 0 Å². The molecule has 0 saturated carbocycles. The summed E-state index contributed by atoms with van der Waals surface area (Å²) in [7, 11) is 1.40.